The number of nitrogens with two attached hydrogens (primary N) is 1. The van der Waals surface area contributed by atoms with E-state index < -0.39 is 0 Å². The molecule has 1 aromatic rings. The molecule has 2 heterocycles. The molecule has 1 atom stereocenters. The first kappa shape index (κ1) is 12.5. The van der Waals surface area contributed by atoms with Crippen molar-refractivity contribution in [2.75, 3.05) is 31.1 Å². The molecule has 1 unspecified atom stereocenters. The van der Waals surface area contributed by atoms with Gasteiger partial charge in [0.25, 0.3) is 0 Å². The zero-order chi connectivity index (χ0) is 13.2. The van der Waals surface area contributed by atoms with Crippen LogP contribution in [-0.2, 0) is 0 Å². The van der Waals surface area contributed by atoms with Crippen molar-refractivity contribution in [1.29, 1.82) is 5.41 Å². The van der Waals surface area contributed by atoms with Gasteiger partial charge in [-0.2, -0.15) is 0 Å². The Hall–Kier alpha value is -1.55. The Bertz CT molecular complexity index is 454. The predicted molar refractivity (Wildman–Crippen MR) is 78.9 cm³/mol. The molecule has 1 aromatic carbocycles. The van der Waals surface area contributed by atoms with Crippen molar-refractivity contribution >= 4 is 11.5 Å². The van der Waals surface area contributed by atoms with Crippen molar-refractivity contribution in [2.45, 2.75) is 25.3 Å². The molecule has 2 aliphatic heterocycles. The fraction of sp³-hybridized carbons (Fsp3) is 0.533. The van der Waals surface area contributed by atoms with Crippen molar-refractivity contribution in [3.05, 3.63) is 29.8 Å². The van der Waals surface area contributed by atoms with Gasteiger partial charge in [0.15, 0.2) is 0 Å². The highest BCUT2D eigenvalue weighted by Crippen LogP contribution is 2.25. The number of rotatable bonds is 2. The number of piperazine rings is 1. The minimum atomic E-state index is 0.142. The van der Waals surface area contributed by atoms with Crippen molar-refractivity contribution in [1.82, 2.24) is 4.90 Å². The lowest BCUT2D eigenvalue weighted by molar-refractivity contribution is 0.133. The second kappa shape index (κ2) is 5.21. The fourth-order valence-corrected chi connectivity index (χ4v) is 3.24. The molecule has 0 amide bonds. The molecule has 3 N–H and O–H groups in total. The van der Waals surface area contributed by atoms with Crippen LogP contribution in [0.4, 0.5) is 5.69 Å². The largest absolute Gasteiger partial charge is 0.384 e. The van der Waals surface area contributed by atoms with Gasteiger partial charge in [0.2, 0.25) is 0 Å². The molecule has 2 saturated heterocycles. The number of hydrogen-bond donors (Lipinski definition) is 2. The zero-order valence-corrected chi connectivity index (χ0v) is 11.3. The highest BCUT2D eigenvalue weighted by Gasteiger charge is 2.28. The van der Waals surface area contributed by atoms with Crippen molar-refractivity contribution < 1.29 is 0 Å². The van der Waals surface area contributed by atoms with E-state index in [0.29, 0.717) is 0 Å². The van der Waals surface area contributed by atoms with E-state index in [1.54, 1.807) is 0 Å². The van der Waals surface area contributed by atoms with E-state index in [9.17, 15) is 0 Å². The number of anilines is 1. The van der Waals surface area contributed by atoms with Crippen molar-refractivity contribution in [2.24, 2.45) is 5.73 Å². The monoisotopic (exact) mass is 258 g/mol. The maximum atomic E-state index is 7.43. The molecule has 0 spiro atoms. The number of nitrogens with one attached hydrogen (secondary N) is 1. The molecule has 19 heavy (non-hydrogen) atoms. The quantitative estimate of drug-likeness (QED) is 0.626. The minimum absolute atomic E-state index is 0.142. The third kappa shape index (κ3) is 2.59. The second-order valence-electron chi connectivity index (χ2n) is 5.59. The van der Waals surface area contributed by atoms with Gasteiger partial charge in [-0.3, -0.25) is 10.3 Å². The number of fused-ring (bicyclic) bond motifs is 1. The van der Waals surface area contributed by atoms with Gasteiger partial charge in [-0.05, 0) is 43.7 Å². The summed E-state index contributed by atoms with van der Waals surface area (Å²) >= 11 is 0. The van der Waals surface area contributed by atoms with Crippen LogP contribution in [-0.4, -0.2) is 43.0 Å². The fourth-order valence-electron chi connectivity index (χ4n) is 3.24. The normalized spacial score (nSPS) is 24.0. The van der Waals surface area contributed by atoms with E-state index in [2.05, 4.69) is 21.9 Å². The van der Waals surface area contributed by atoms with Gasteiger partial charge >= 0.3 is 0 Å². The Morgan fingerprint density at radius 1 is 1.11 bits per heavy atom. The molecule has 2 fully saturated rings. The number of nitrogens with zero attached hydrogens (tertiary/aromatic N) is 2. The molecule has 0 aromatic heterocycles. The van der Waals surface area contributed by atoms with Crippen LogP contribution in [0.25, 0.3) is 0 Å². The second-order valence-corrected chi connectivity index (χ2v) is 5.59. The van der Waals surface area contributed by atoms with Crippen LogP contribution in [0.3, 0.4) is 0 Å². The number of amidine groups is 1. The standard InChI is InChI=1S/C15H22N4/c16-15(17)12-4-6-13(7-5-12)19-10-9-18-8-2-1-3-14(18)11-19/h4-7,14H,1-3,8-11H2,(H3,16,17). The number of nitrogen functional groups attached to an aromatic ring is 1. The summed E-state index contributed by atoms with van der Waals surface area (Å²) in [6.07, 6.45) is 4.07. The Morgan fingerprint density at radius 2 is 1.89 bits per heavy atom. The van der Waals surface area contributed by atoms with Crippen LogP contribution < -0.4 is 10.6 Å². The van der Waals surface area contributed by atoms with E-state index >= 15 is 0 Å². The number of benzene rings is 1. The molecular formula is C15H22N4. The minimum Gasteiger partial charge on any atom is -0.384 e. The number of hydrogen-bond acceptors (Lipinski definition) is 3. The topological polar surface area (TPSA) is 56.4 Å². The summed E-state index contributed by atoms with van der Waals surface area (Å²) in [5.74, 6) is 0.142. The maximum Gasteiger partial charge on any atom is 0.122 e. The molecule has 0 radical (unpaired) electrons. The van der Waals surface area contributed by atoms with Gasteiger partial charge in [-0.1, -0.05) is 6.42 Å². The zero-order valence-electron chi connectivity index (χ0n) is 11.3. The van der Waals surface area contributed by atoms with Crippen LogP contribution in [0.15, 0.2) is 24.3 Å². The Morgan fingerprint density at radius 3 is 2.63 bits per heavy atom. The van der Waals surface area contributed by atoms with Crippen LogP contribution in [0, 0.1) is 5.41 Å². The molecule has 4 heteroatoms. The molecule has 0 saturated carbocycles. The lowest BCUT2D eigenvalue weighted by Crippen LogP contribution is -2.54. The molecular weight excluding hydrogens is 236 g/mol. The Balaban J connectivity index is 1.70. The van der Waals surface area contributed by atoms with Crippen LogP contribution >= 0.6 is 0 Å². The highest BCUT2D eigenvalue weighted by atomic mass is 15.3. The summed E-state index contributed by atoms with van der Waals surface area (Å²) in [6, 6.07) is 8.82. The third-order valence-corrected chi connectivity index (χ3v) is 4.38. The van der Waals surface area contributed by atoms with E-state index in [4.69, 9.17) is 11.1 Å². The first-order valence-electron chi connectivity index (χ1n) is 7.17. The van der Waals surface area contributed by atoms with Gasteiger partial charge in [-0.25, -0.2) is 0 Å². The summed E-state index contributed by atoms with van der Waals surface area (Å²) in [6.45, 7) is 4.70. The first-order valence-corrected chi connectivity index (χ1v) is 7.17. The molecule has 3 rings (SSSR count). The predicted octanol–water partition coefficient (Wildman–Crippen LogP) is 1.65. The highest BCUT2D eigenvalue weighted by molar-refractivity contribution is 5.95. The Labute approximate surface area is 114 Å². The average molecular weight is 258 g/mol. The lowest BCUT2D eigenvalue weighted by Gasteiger charge is -2.45. The summed E-state index contributed by atoms with van der Waals surface area (Å²) < 4.78 is 0. The van der Waals surface area contributed by atoms with E-state index in [1.165, 1.54) is 38.0 Å². The van der Waals surface area contributed by atoms with Crippen LogP contribution in [0.5, 0.6) is 0 Å². The van der Waals surface area contributed by atoms with Gasteiger partial charge in [-0.15, -0.1) is 0 Å². The van der Waals surface area contributed by atoms with Crippen molar-refractivity contribution in [3.63, 3.8) is 0 Å². The summed E-state index contributed by atoms with van der Waals surface area (Å²) in [5, 5.41) is 7.43. The van der Waals surface area contributed by atoms with E-state index in [1.807, 2.05) is 12.1 Å². The molecule has 2 aliphatic rings. The molecule has 4 nitrogen and oxygen atoms in total. The van der Waals surface area contributed by atoms with E-state index in [-0.39, 0.29) is 5.84 Å². The molecule has 102 valence electrons. The Kier molecular flexibility index (Phi) is 3.42. The van der Waals surface area contributed by atoms with Gasteiger partial charge in [0.1, 0.15) is 5.84 Å². The third-order valence-electron chi connectivity index (χ3n) is 4.38. The van der Waals surface area contributed by atoms with Gasteiger partial charge < -0.3 is 10.6 Å². The summed E-state index contributed by atoms with van der Waals surface area (Å²) in [7, 11) is 0. The van der Waals surface area contributed by atoms with Gasteiger partial charge in [0.05, 0.1) is 0 Å². The SMILES string of the molecule is N=C(N)c1ccc(N2CCN3CCCCC3C2)cc1. The first-order chi connectivity index (χ1) is 9.24. The lowest BCUT2D eigenvalue weighted by atomic mass is 9.99. The van der Waals surface area contributed by atoms with Crippen molar-refractivity contribution in [3.8, 4) is 0 Å². The van der Waals surface area contributed by atoms with Crippen LogP contribution in [0.2, 0.25) is 0 Å². The van der Waals surface area contributed by atoms with Gasteiger partial charge in [0, 0.05) is 36.9 Å². The van der Waals surface area contributed by atoms with Crippen LogP contribution in [0.1, 0.15) is 24.8 Å². The maximum absolute atomic E-state index is 7.43. The molecule has 0 aliphatic carbocycles. The summed E-state index contributed by atoms with van der Waals surface area (Å²) in [4.78, 5) is 5.11. The number of piperidine rings is 1. The summed E-state index contributed by atoms with van der Waals surface area (Å²) in [5.41, 5.74) is 7.56. The van der Waals surface area contributed by atoms with E-state index in [0.717, 1.165) is 24.7 Å². The smallest absolute Gasteiger partial charge is 0.122 e. The average Bonchev–Trinajstić information content (AvgIpc) is 2.47. The molecule has 0 bridgehead atoms.